The summed E-state index contributed by atoms with van der Waals surface area (Å²) in [5.74, 6) is 0.484. The van der Waals surface area contributed by atoms with Gasteiger partial charge in [0.2, 0.25) is 5.91 Å². The van der Waals surface area contributed by atoms with Crippen molar-refractivity contribution in [2.45, 2.75) is 57.0 Å². The molecule has 2 rings (SSSR count). The highest BCUT2D eigenvalue weighted by Gasteiger charge is 2.35. The van der Waals surface area contributed by atoms with Crippen LogP contribution < -0.4 is 5.73 Å². The molecule has 0 aromatic rings. The van der Waals surface area contributed by atoms with E-state index in [1.165, 1.54) is 0 Å². The molecule has 1 saturated carbocycles. The number of nitrogens with zero attached hydrogens (tertiary/aromatic N) is 1. The van der Waals surface area contributed by atoms with Crippen LogP contribution in [0.3, 0.4) is 0 Å². The number of aliphatic hydroxyl groups excluding tert-OH is 1. The Morgan fingerprint density at radius 1 is 1.35 bits per heavy atom. The zero-order chi connectivity index (χ0) is 12.3. The first kappa shape index (κ1) is 12.8. The molecule has 17 heavy (non-hydrogen) atoms. The quantitative estimate of drug-likeness (QED) is 0.766. The van der Waals surface area contributed by atoms with Crippen molar-refractivity contribution in [1.82, 2.24) is 4.90 Å². The van der Waals surface area contributed by atoms with E-state index in [9.17, 15) is 4.79 Å². The monoisotopic (exact) mass is 240 g/mol. The molecule has 98 valence electrons. The molecule has 0 aromatic carbocycles. The lowest BCUT2D eigenvalue weighted by Crippen LogP contribution is -2.39. The molecule has 4 nitrogen and oxygen atoms in total. The van der Waals surface area contributed by atoms with Crippen LogP contribution in [0.2, 0.25) is 0 Å². The second-order valence-electron chi connectivity index (χ2n) is 5.46. The Hall–Kier alpha value is -0.610. The number of nitrogens with two attached hydrogens (primary N) is 1. The molecule has 1 heterocycles. The summed E-state index contributed by atoms with van der Waals surface area (Å²) in [6.45, 7) is 1.13. The highest BCUT2D eigenvalue weighted by Crippen LogP contribution is 2.30. The summed E-state index contributed by atoms with van der Waals surface area (Å²) < 4.78 is 0. The number of likely N-dealkylation sites (tertiary alicyclic amines) is 1. The van der Waals surface area contributed by atoms with Gasteiger partial charge in [0.1, 0.15) is 0 Å². The minimum Gasteiger partial charge on any atom is -0.396 e. The van der Waals surface area contributed by atoms with Gasteiger partial charge in [-0.1, -0.05) is 0 Å². The van der Waals surface area contributed by atoms with Crippen molar-refractivity contribution in [2.75, 3.05) is 13.2 Å². The molecule has 0 bridgehead atoms. The Morgan fingerprint density at radius 2 is 2.18 bits per heavy atom. The summed E-state index contributed by atoms with van der Waals surface area (Å²) in [6.07, 6.45) is 6.78. The number of carbonyl (C=O) groups excluding carboxylic acids is 1. The molecular weight excluding hydrogens is 216 g/mol. The SMILES string of the molecule is NC1CCC(C(=O)N2CCCC2CCCO)C1. The van der Waals surface area contributed by atoms with Gasteiger partial charge in [0.25, 0.3) is 0 Å². The minimum absolute atomic E-state index is 0.166. The topological polar surface area (TPSA) is 66.6 Å². The van der Waals surface area contributed by atoms with Gasteiger partial charge >= 0.3 is 0 Å². The molecule has 0 spiro atoms. The van der Waals surface area contributed by atoms with E-state index >= 15 is 0 Å². The van der Waals surface area contributed by atoms with Gasteiger partial charge < -0.3 is 15.7 Å². The molecule has 4 heteroatoms. The normalized spacial score (nSPS) is 33.3. The van der Waals surface area contributed by atoms with E-state index in [0.717, 1.165) is 51.5 Å². The van der Waals surface area contributed by atoms with Gasteiger partial charge in [-0.25, -0.2) is 0 Å². The van der Waals surface area contributed by atoms with Gasteiger partial charge in [-0.2, -0.15) is 0 Å². The van der Waals surface area contributed by atoms with Gasteiger partial charge in [-0.3, -0.25) is 4.79 Å². The van der Waals surface area contributed by atoms with Crippen molar-refractivity contribution in [3.05, 3.63) is 0 Å². The highest BCUT2D eigenvalue weighted by molar-refractivity contribution is 5.79. The van der Waals surface area contributed by atoms with Crippen LogP contribution in [-0.4, -0.2) is 41.1 Å². The molecule has 2 aliphatic rings. The van der Waals surface area contributed by atoms with Crippen LogP contribution >= 0.6 is 0 Å². The Bertz CT molecular complexity index is 270. The Labute approximate surface area is 103 Å². The van der Waals surface area contributed by atoms with Crippen molar-refractivity contribution in [2.24, 2.45) is 11.7 Å². The largest absolute Gasteiger partial charge is 0.396 e. The van der Waals surface area contributed by atoms with E-state index in [2.05, 4.69) is 4.90 Å². The van der Waals surface area contributed by atoms with Gasteiger partial charge in [-0.15, -0.1) is 0 Å². The fraction of sp³-hybridized carbons (Fsp3) is 0.923. The van der Waals surface area contributed by atoms with Crippen molar-refractivity contribution < 1.29 is 9.90 Å². The predicted molar refractivity (Wildman–Crippen MR) is 66.4 cm³/mol. The Balaban J connectivity index is 1.89. The molecule has 2 fully saturated rings. The van der Waals surface area contributed by atoms with Crippen LogP contribution in [0.15, 0.2) is 0 Å². The summed E-state index contributed by atoms with van der Waals surface area (Å²) in [4.78, 5) is 14.4. The molecule has 0 aromatic heterocycles. The molecule has 3 atom stereocenters. The van der Waals surface area contributed by atoms with Gasteiger partial charge in [0.15, 0.2) is 0 Å². The van der Waals surface area contributed by atoms with Crippen LogP contribution in [0, 0.1) is 5.92 Å². The Kier molecular flexibility index (Phi) is 4.40. The molecular formula is C13H24N2O2. The number of carbonyl (C=O) groups is 1. The fourth-order valence-corrected chi connectivity index (χ4v) is 3.23. The molecule has 1 aliphatic carbocycles. The lowest BCUT2D eigenvalue weighted by Gasteiger charge is -2.27. The third-order valence-corrected chi connectivity index (χ3v) is 4.18. The zero-order valence-corrected chi connectivity index (χ0v) is 10.5. The van der Waals surface area contributed by atoms with Crippen molar-refractivity contribution in [3.8, 4) is 0 Å². The first-order chi connectivity index (χ1) is 8.22. The van der Waals surface area contributed by atoms with Crippen LogP contribution in [0.5, 0.6) is 0 Å². The first-order valence-corrected chi connectivity index (χ1v) is 6.89. The highest BCUT2D eigenvalue weighted by atomic mass is 16.3. The Morgan fingerprint density at radius 3 is 2.82 bits per heavy atom. The molecule has 0 radical (unpaired) electrons. The van der Waals surface area contributed by atoms with E-state index < -0.39 is 0 Å². The summed E-state index contributed by atoms with van der Waals surface area (Å²) in [7, 11) is 0. The van der Waals surface area contributed by atoms with Crippen molar-refractivity contribution in [1.29, 1.82) is 0 Å². The van der Waals surface area contributed by atoms with E-state index in [1.807, 2.05) is 0 Å². The van der Waals surface area contributed by atoms with Gasteiger partial charge in [-0.05, 0) is 44.9 Å². The van der Waals surface area contributed by atoms with Gasteiger partial charge in [0.05, 0.1) is 0 Å². The second kappa shape index (κ2) is 5.83. The average Bonchev–Trinajstić information content (AvgIpc) is 2.94. The van der Waals surface area contributed by atoms with Crippen LogP contribution in [0.25, 0.3) is 0 Å². The van der Waals surface area contributed by atoms with E-state index in [-0.39, 0.29) is 18.6 Å². The van der Waals surface area contributed by atoms with Crippen LogP contribution in [0.4, 0.5) is 0 Å². The zero-order valence-electron chi connectivity index (χ0n) is 10.5. The number of rotatable bonds is 4. The number of aliphatic hydroxyl groups is 1. The second-order valence-corrected chi connectivity index (χ2v) is 5.46. The molecule has 1 aliphatic heterocycles. The van der Waals surface area contributed by atoms with Crippen LogP contribution in [0.1, 0.15) is 44.9 Å². The smallest absolute Gasteiger partial charge is 0.225 e. The third kappa shape index (κ3) is 2.99. The maximum absolute atomic E-state index is 12.4. The van der Waals surface area contributed by atoms with E-state index in [4.69, 9.17) is 10.8 Å². The lowest BCUT2D eigenvalue weighted by atomic mass is 10.0. The van der Waals surface area contributed by atoms with Crippen molar-refractivity contribution in [3.63, 3.8) is 0 Å². The predicted octanol–water partition coefficient (Wildman–Crippen LogP) is 0.877. The fourth-order valence-electron chi connectivity index (χ4n) is 3.23. The summed E-state index contributed by atoms with van der Waals surface area (Å²) in [5, 5.41) is 8.88. The maximum atomic E-state index is 12.4. The number of amides is 1. The maximum Gasteiger partial charge on any atom is 0.225 e. The minimum atomic E-state index is 0.166. The molecule has 3 N–H and O–H groups in total. The number of hydrogen-bond acceptors (Lipinski definition) is 3. The van der Waals surface area contributed by atoms with Crippen LogP contribution in [-0.2, 0) is 4.79 Å². The van der Waals surface area contributed by atoms with E-state index in [1.54, 1.807) is 0 Å². The summed E-state index contributed by atoms with van der Waals surface area (Å²) in [6, 6.07) is 0.592. The lowest BCUT2D eigenvalue weighted by molar-refractivity contribution is -0.136. The number of hydrogen-bond donors (Lipinski definition) is 2. The molecule has 1 saturated heterocycles. The van der Waals surface area contributed by atoms with Gasteiger partial charge in [0, 0.05) is 31.2 Å². The summed E-state index contributed by atoms with van der Waals surface area (Å²) in [5.41, 5.74) is 5.87. The average molecular weight is 240 g/mol. The third-order valence-electron chi connectivity index (χ3n) is 4.18. The molecule has 3 unspecified atom stereocenters. The van der Waals surface area contributed by atoms with Crippen molar-refractivity contribution >= 4 is 5.91 Å². The van der Waals surface area contributed by atoms with E-state index in [0.29, 0.717) is 11.9 Å². The molecule has 1 amide bonds. The standard InChI is InChI=1S/C13H24N2O2/c14-11-6-5-10(9-11)13(17)15-7-1-3-12(15)4-2-8-16/h10-12,16H,1-9,14H2. The summed E-state index contributed by atoms with van der Waals surface area (Å²) >= 11 is 0. The first-order valence-electron chi connectivity index (χ1n) is 6.89.